The smallest absolute Gasteiger partial charge is 0.313 e. The van der Waals surface area contributed by atoms with E-state index >= 15 is 0 Å². The molecule has 0 rings (SSSR count). The van der Waals surface area contributed by atoms with E-state index in [1.54, 1.807) is 36.9 Å². The van der Waals surface area contributed by atoms with E-state index in [4.69, 9.17) is 11.2 Å². The van der Waals surface area contributed by atoms with Gasteiger partial charge in [0, 0.05) is 20.0 Å². The van der Waals surface area contributed by atoms with Crippen LogP contribution in [0.25, 0.3) is 0 Å². The zero-order valence-corrected chi connectivity index (χ0v) is 17.1. The summed E-state index contributed by atoms with van der Waals surface area (Å²) in [5.74, 6) is -0.931. The summed E-state index contributed by atoms with van der Waals surface area (Å²) in [5.41, 5.74) is 0. The zero-order valence-electron chi connectivity index (χ0n) is 15.0. The molecule has 5 atom stereocenters. The predicted molar refractivity (Wildman–Crippen MR) is 98.0 cm³/mol. The lowest BCUT2D eigenvalue weighted by atomic mass is 9.85. The lowest BCUT2D eigenvalue weighted by Crippen LogP contribution is -2.34. The molecule has 0 aromatic heterocycles. The van der Waals surface area contributed by atoms with E-state index in [1.165, 1.54) is 4.90 Å². The molecule has 0 heterocycles. The van der Waals surface area contributed by atoms with Gasteiger partial charge in [0.1, 0.15) is 0 Å². The number of esters is 1. The Kier molecular flexibility index (Phi) is 11.6. The van der Waals surface area contributed by atoms with E-state index in [2.05, 4.69) is 10.4 Å². The molecule has 0 saturated heterocycles. The van der Waals surface area contributed by atoms with Crippen LogP contribution in [0.15, 0.2) is 0 Å². The first-order chi connectivity index (χ1) is 11.6. The Morgan fingerprint density at radius 1 is 1.24 bits per heavy atom. The third kappa shape index (κ3) is 9.14. The van der Waals surface area contributed by atoms with Crippen molar-refractivity contribution in [3.05, 3.63) is 0 Å². The fraction of sp³-hybridized carbons (Fsp3) is 0.688. The molecule has 6 nitrogen and oxygen atoms in total. The number of hydrogen-bond acceptors (Lipinski definition) is 5. The second-order valence-corrected chi connectivity index (χ2v) is 7.85. The molecule has 0 N–H and O–H groups in total. The molecule has 0 fully saturated rings. The van der Waals surface area contributed by atoms with Gasteiger partial charge in [-0.1, -0.05) is 19.8 Å². The van der Waals surface area contributed by atoms with Crippen LogP contribution in [0.2, 0.25) is 0 Å². The molecule has 0 aliphatic carbocycles. The van der Waals surface area contributed by atoms with Gasteiger partial charge in [-0.15, -0.1) is 6.42 Å². The van der Waals surface area contributed by atoms with Crippen LogP contribution >= 0.6 is 17.1 Å². The highest BCUT2D eigenvalue weighted by Gasteiger charge is 2.32. The Bertz CT molecular complexity index is 507. The van der Waals surface area contributed by atoms with Gasteiger partial charge in [0.05, 0.1) is 11.8 Å². The Balaban J connectivity index is 5.10. The van der Waals surface area contributed by atoms with Gasteiger partial charge in [0.2, 0.25) is 5.91 Å². The molecule has 0 saturated carbocycles. The van der Waals surface area contributed by atoms with Crippen LogP contribution in [-0.4, -0.2) is 43.4 Å². The average Bonchev–Trinajstić information content (AvgIpc) is 2.54. The third-order valence-electron chi connectivity index (χ3n) is 3.70. The zero-order chi connectivity index (χ0) is 19.6. The molecule has 9 heteroatoms. The highest BCUT2D eigenvalue weighted by Crippen LogP contribution is 2.47. The second-order valence-electron chi connectivity index (χ2n) is 5.90. The Labute approximate surface area is 152 Å². The maximum absolute atomic E-state index is 12.9. The summed E-state index contributed by atoms with van der Waals surface area (Å²) in [5, 5.41) is 0. The molecule has 0 bridgehead atoms. The minimum absolute atomic E-state index is 0.126. The van der Waals surface area contributed by atoms with Gasteiger partial charge >= 0.3 is 11.9 Å². The van der Waals surface area contributed by atoms with Crippen molar-refractivity contribution in [2.75, 3.05) is 20.7 Å². The first-order valence-electron chi connectivity index (χ1n) is 7.87. The molecular weight excluding hydrogens is 367 g/mol. The summed E-state index contributed by atoms with van der Waals surface area (Å²) in [6, 6.07) is 0. The van der Waals surface area contributed by atoms with Crippen molar-refractivity contribution >= 4 is 34.9 Å². The van der Waals surface area contributed by atoms with Crippen molar-refractivity contribution in [1.82, 2.24) is 4.90 Å². The summed E-state index contributed by atoms with van der Waals surface area (Å²) in [4.78, 5) is 37.7. The monoisotopic (exact) mass is 393 g/mol. The summed E-state index contributed by atoms with van der Waals surface area (Å²) >= 11 is 0. The maximum atomic E-state index is 12.9. The van der Waals surface area contributed by atoms with Crippen molar-refractivity contribution in [1.29, 1.82) is 0 Å². The van der Waals surface area contributed by atoms with E-state index in [9.17, 15) is 18.6 Å². The first-order valence-corrected chi connectivity index (χ1v) is 10.6. The lowest BCUT2D eigenvalue weighted by molar-refractivity contribution is -0.148. The molecule has 0 radical (unpaired) electrons. The number of hydrogen-bond donors (Lipinski definition) is 0. The molecule has 0 aliphatic rings. The number of nitrogens with zero attached hydrogens (tertiary/aromatic N) is 1. The molecule has 0 aromatic rings. The second kappa shape index (κ2) is 12.2. The van der Waals surface area contributed by atoms with E-state index in [0.29, 0.717) is 6.42 Å². The SMILES string of the molecule is C#CCOC(=O)C(CC)CC(CC(C)C(=O)OP(F)P)C(=O)N(C)C. The van der Waals surface area contributed by atoms with E-state index in [1.807, 2.05) is 0 Å². The third-order valence-corrected chi connectivity index (χ3v) is 4.37. The molecule has 0 aromatic carbocycles. The van der Waals surface area contributed by atoms with Crippen LogP contribution in [-0.2, 0) is 23.6 Å². The lowest BCUT2D eigenvalue weighted by Gasteiger charge is -2.25. The predicted octanol–water partition coefficient (Wildman–Crippen LogP) is 2.92. The van der Waals surface area contributed by atoms with Crippen LogP contribution in [0, 0.1) is 30.1 Å². The summed E-state index contributed by atoms with van der Waals surface area (Å²) in [6.45, 7) is 3.25. The van der Waals surface area contributed by atoms with Gasteiger partial charge in [0.25, 0.3) is 8.15 Å². The molecule has 0 spiro atoms. The van der Waals surface area contributed by atoms with Crippen LogP contribution in [0.5, 0.6) is 0 Å². The molecule has 1 amide bonds. The van der Waals surface area contributed by atoms with Crippen molar-refractivity contribution in [3.63, 3.8) is 0 Å². The fourth-order valence-corrected chi connectivity index (χ4v) is 3.03. The van der Waals surface area contributed by atoms with Crippen molar-refractivity contribution in [3.8, 4) is 12.3 Å². The molecular formula is C16H26FNO5P2. The topological polar surface area (TPSA) is 72.9 Å². The van der Waals surface area contributed by atoms with Gasteiger partial charge in [-0.05, 0) is 28.2 Å². The number of carbonyl (C=O) groups excluding carboxylic acids is 3. The van der Waals surface area contributed by atoms with Crippen LogP contribution in [0.3, 0.4) is 0 Å². The normalized spacial score (nSPS) is 15.2. The minimum atomic E-state index is -2.38. The summed E-state index contributed by atoms with van der Waals surface area (Å²) < 4.78 is 22.4. The number of terminal acetylenes is 1. The highest BCUT2D eigenvalue weighted by molar-refractivity contribution is 8.08. The average molecular weight is 393 g/mol. The number of carbonyl (C=O) groups is 3. The highest BCUT2D eigenvalue weighted by atomic mass is 32.0. The van der Waals surface area contributed by atoms with E-state index in [-0.39, 0.29) is 25.4 Å². The standard InChI is InChI=1S/C16H26FNO5P2/c1-6-8-22-16(21)12(7-2)10-13(14(19)18(4)5)9-11(3)15(20)23-25(17)24/h1,11-13H,7-10,24H2,2-5H3. The Hall–Kier alpha value is -1.24. The first kappa shape index (κ1) is 23.8. The van der Waals surface area contributed by atoms with Gasteiger partial charge in [-0.25, -0.2) is 0 Å². The van der Waals surface area contributed by atoms with Gasteiger partial charge in [-0.3, -0.25) is 14.4 Å². The Morgan fingerprint density at radius 3 is 2.28 bits per heavy atom. The van der Waals surface area contributed by atoms with Crippen molar-refractivity contribution < 1.29 is 27.8 Å². The van der Waals surface area contributed by atoms with Crippen molar-refractivity contribution in [2.45, 2.75) is 33.1 Å². The molecule has 142 valence electrons. The quantitative estimate of drug-likeness (QED) is 0.324. The van der Waals surface area contributed by atoms with E-state index in [0.717, 1.165) is 0 Å². The largest absolute Gasteiger partial charge is 0.452 e. The number of amides is 1. The Morgan fingerprint density at radius 2 is 1.84 bits per heavy atom. The molecule has 5 unspecified atom stereocenters. The summed E-state index contributed by atoms with van der Waals surface area (Å²) in [6.07, 6.45) is 5.93. The van der Waals surface area contributed by atoms with Gasteiger partial charge < -0.3 is 14.2 Å². The summed E-state index contributed by atoms with van der Waals surface area (Å²) in [7, 11) is 2.60. The van der Waals surface area contributed by atoms with Crippen LogP contribution < -0.4 is 0 Å². The van der Waals surface area contributed by atoms with Crippen LogP contribution in [0.4, 0.5) is 4.20 Å². The van der Waals surface area contributed by atoms with Gasteiger partial charge in [-0.2, -0.15) is 4.20 Å². The number of ether oxygens (including phenoxy) is 1. The van der Waals surface area contributed by atoms with Crippen molar-refractivity contribution in [2.24, 2.45) is 17.8 Å². The van der Waals surface area contributed by atoms with E-state index < -0.39 is 37.8 Å². The van der Waals surface area contributed by atoms with Gasteiger partial charge in [0.15, 0.2) is 6.61 Å². The number of rotatable bonds is 10. The maximum Gasteiger partial charge on any atom is 0.313 e. The fourth-order valence-electron chi connectivity index (χ4n) is 2.37. The molecule has 25 heavy (non-hydrogen) atoms. The number of halogens is 1. The van der Waals surface area contributed by atoms with Crippen LogP contribution in [0.1, 0.15) is 33.1 Å². The minimum Gasteiger partial charge on any atom is -0.452 e. The molecule has 0 aliphatic heterocycles.